The first kappa shape index (κ1) is 14.6. The molecule has 0 heterocycles. The summed E-state index contributed by atoms with van der Waals surface area (Å²) in [6, 6.07) is 15.2. The number of nitrogens with one attached hydrogen (secondary N) is 1. The van der Waals surface area contributed by atoms with Gasteiger partial charge >= 0.3 is 5.97 Å². The second kappa shape index (κ2) is 7.09. The lowest BCUT2D eigenvalue weighted by molar-refractivity contribution is 0.0464. The predicted octanol–water partition coefficient (Wildman–Crippen LogP) is 2.24. The number of methoxy groups -OCH3 is 1. The minimum atomic E-state index is -0.481. The molecule has 2 aromatic carbocycles. The molecule has 0 aliphatic carbocycles. The molecule has 0 saturated heterocycles. The van der Waals surface area contributed by atoms with Gasteiger partial charge in [-0.15, -0.1) is 0 Å². The molecule has 0 spiro atoms. The molecule has 0 fully saturated rings. The molecule has 1 amide bonds. The van der Waals surface area contributed by atoms with Crippen molar-refractivity contribution in [2.75, 3.05) is 13.8 Å². The zero-order valence-corrected chi connectivity index (χ0v) is 11.5. The maximum Gasteiger partial charge on any atom is 0.339 e. The molecular formula is C16H15NO4. The summed E-state index contributed by atoms with van der Waals surface area (Å²) in [5.41, 5.74) is 0.905. The Morgan fingerprint density at radius 1 is 0.952 bits per heavy atom. The highest BCUT2D eigenvalue weighted by atomic mass is 16.5. The minimum Gasteiger partial charge on any atom is -0.497 e. The maximum atomic E-state index is 11.8. The second-order valence-electron chi connectivity index (χ2n) is 4.18. The van der Waals surface area contributed by atoms with Crippen molar-refractivity contribution >= 4 is 11.9 Å². The summed E-state index contributed by atoms with van der Waals surface area (Å²) in [5.74, 6) is -0.133. The molecule has 2 aromatic rings. The summed E-state index contributed by atoms with van der Waals surface area (Å²) in [7, 11) is 1.55. The van der Waals surface area contributed by atoms with Crippen LogP contribution in [0.5, 0.6) is 5.75 Å². The average Bonchev–Trinajstić information content (AvgIpc) is 2.55. The van der Waals surface area contributed by atoms with Crippen LogP contribution in [0.1, 0.15) is 20.7 Å². The Kier molecular flexibility index (Phi) is 4.93. The van der Waals surface area contributed by atoms with Gasteiger partial charge in [0.05, 0.1) is 12.7 Å². The highest BCUT2D eigenvalue weighted by Crippen LogP contribution is 2.11. The number of esters is 1. The highest BCUT2D eigenvalue weighted by Gasteiger charge is 2.08. The number of rotatable bonds is 5. The van der Waals surface area contributed by atoms with Crippen molar-refractivity contribution in [3.63, 3.8) is 0 Å². The lowest BCUT2D eigenvalue weighted by Gasteiger charge is -2.07. The van der Waals surface area contributed by atoms with Crippen LogP contribution in [0.4, 0.5) is 0 Å². The van der Waals surface area contributed by atoms with Gasteiger partial charge in [0.1, 0.15) is 5.75 Å². The van der Waals surface area contributed by atoms with E-state index in [4.69, 9.17) is 9.47 Å². The van der Waals surface area contributed by atoms with E-state index in [2.05, 4.69) is 5.32 Å². The predicted molar refractivity (Wildman–Crippen MR) is 77.2 cm³/mol. The van der Waals surface area contributed by atoms with Gasteiger partial charge in [-0.2, -0.15) is 0 Å². The smallest absolute Gasteiger partial charge is 0.339 e. The van der Waals surface area contributed by atoms with Crippen molar-refractivity contribution in [3.8, 4) is 5.75 Å². The van der Waals surface area contributed by atoms with Crippen molar-refractivity contribution in [2.24, 2.45) is 0 Å². The molecule has 0 bridgehead atoms. The van der Waals surface area contributed by atoms with Crippen LogP contribution < -0.4 is 10.1 Å². The quantitative estimate of drug-likeness (QED) is 0.676. The number of hydrogen-bond donors (Lipinski definition) is 1. The SMILES string of the molecule is COc1ccc(C(=O)NCOC(=O)c2ccccc2)cc1. The van der Waals surface area contributed by atoms with Crippen molar-refractivity contribution in [2.45, 2.75) is 0 Å². The van der Waals surface area contributed by atoms with Crippen molar-refractivity contribution in [3.05, 3.63) is 65.7 Å². The third kappa shape index (κ3) is 4.07. The summed E-state index contributed by atoms with van der Waals surface area (Å²) in [6.07, 6.45) is 0. The van der Waals surface area contributed by atoms with Crippen molar-refractivity contribution < 1.29 is 19.1 Å². The zero-order valence-electron chi connectivity index (χ0n) is 11.5. The zero-order chi connectivity index (χ0) is 15.1. The van der Waals surface area contributed by atoms with Gasteiger partial charge in [0.25, 0.3) is 5.91 Å². The highest BCUT2D eigenvalue weighted by molar-refractivity contribution is 5.94. The van der Waals surface area contributed by atoms with Crippen LogP contribution in [0, 0.1) is 0 Å². The van der Waals surface area contributed by atoms with Crippen molar-refractivity contribution in [1.29, 1.82) is 0 Å². The van der Waals surface area contributed by atoms with E-state index in [1.165, 1.54) is 0 Å². The Balaban J connectivity index is 1.82. The molecule has 1 N–H and O–H groups in total. The van der Waals surface area contributed by atoms with Gasteiger partial charge in [0.15, 0.2) is 6.73 Å². The Bertz CT molecular complexity index is 608. The molecule has 0 saturated carbocycles. The number of carbonyl (C=O) groups excluding carboxylic acids is 2. The van der Waals surface area contributed by atoms with Gasteiger partial charge < -0.3 is 14.8 Å². The van der Waals surface area contributed by atoms with Crippen LogP contribution in [0.25, 0.3) is 0 Å². The summed E-state index contributed by atoms with van der Waals surface area (Å²) >= 11 is 0. The van der Waals surface area contributed by atoms with Gasteiger partial charge in [-0.25, -0.2) is 4.79 Å². The van der Waals surface area contributed by atoms with Gasteiger partial charge in [0.2, 0.25) is 0 Å². The lowest BCUT2D eigenvalue weighted by atomic mass is 10.2. The molecule has 2 rings (SSSR count). The number of ether oxygens (including phenoxy) is 2. The van der Waals surface area contributed by atoms with Gasteiger partial charge in [-0.1, -0.05) is 18.2 Å². The third-order valence-electron chi connectivity index (χ3n) is 2.80. The minimum absolute atomic E-state index is 0.182. The molecule has 5 nitrogen and oxygen atoms in total. The van der Waals surface area contributed by atoms with E-state index < -0.39 is 5.97 Å². The van der Waals surface area contributed by atoms with E-state index in [-0.39, 0.29) is 12.6 Å². The normalized spacial score (nSPS) is 9.76. The molecule has 21 heavy (non-hydrogen) atoms. The van der Waals surface area contributed by atoms with Crippen LogP contribution >= 0.6 is 0 Å². The second-order valence-corrected chi connectivity index (χ2v) is 4.18. The van der Waals surface area contributed by atoms with Crippen LogP contribution in [0.3, 0.4) is 0 Å². The van der Waals surface area contributed by atoms with E-state index in [9.17, 15) is 9.59 Å². The summed E-state index contributed by atoms with van der Waals surface area (Å²) in [4.78, 5) is 23.5. The van der Waals surface area contributed by atoms with Crippen LogP contribution in [0.2, 0.25) is 0 Å². The molecule has 0 atom stereocenters. The molecule has 0 aromatic heterocycles. The number of hydrogen-bond acceptors (Lipinski definition) is 4. The molecule has 0 unspecified atom stereocenters. The molecule has 0 aliphatic rings. The Morgan fingerprint density at radius 2 is 1.62 bits per heavy atom. The monoisotopic (exact) mass is 285 g/mol. The van der Waals surface area contributed by atoms with E-state index in [0.717, 1.165) is 0 Å². The van der Waals surface area contributed by atoms with Crippen LogP contribution in [0.15, 0.2) is 54.6 Å². The Hall–Kier alpha value is -2.82. The Morgan fingerprint density at radius 3 is 2.24 bits per heavy atom. The van der Waals surface area contributed by atoms with E-state index in [1.54, 1.807) is 55.6 Å². The summed E-state index contributed by atoms with van der Waals surface area (Å²) < 4.78 is 9.98. The lowest BCUT2D eigenvalue weighted by Crippen LogP contribution is -2.27. The van der Waals surface area contributed by atoms with Crippen LogP contribution in [-0.4, -0.2) is 25.7 Å². The van der Waals surface area contributed by atoms with Gasteiger partial charge in [-0.05, 0) is 36.4 Å². The first-order valence-electron chi connectivity index (χ1n) is 6.35. The topological polar surface area (TPSA) is 64.6 Å². The fourth-order valence-electron chi connectivity index (χ4n) is 1.67. The Labute approximate surface area is 122 Å². The van der Waals surface area contributed by atoms with Crippen LogP contribution in [-0.2, 0) is 4.74 Å². The number of benzene rings is 2. The average molecular weight is 285 g/mol. The number of carbonyl (C=O) groups is 2. The van der Waals surface area contributed by atoms with Gasteiger partial charge in [-0.3, -0.25) is 4.79 Å². The van der Waals surface area contributed by atoms with E-state index in [1.807, 2.05) is 6.07 Å². The largest absolute Gasteiger partial charge is 0.497 e. The van der Waals surface area contributed by atoms with Gasteiger partial charge in [0, 0.05) is 5.56 Å². The molecule has 0 aliphatic heterocycles. The molecule has 5 heteroatoms. The molecule has 108 valence electrons. The first-order valence-corrected chi connectivity index (χ1v) is 6.35. The standard InChI is InChI=1S/C16H15NO4/c1-20-14-9-7-12(8-10-14)15(18)17-11-21-16(19)13-5-3-2-4-6-13/h2-10H,11H2,1H3,(H,17,18). The van der Waals surface area contributed by atoms with Crippen molar-refractivity contribution in [1.82, 2.24) is 5.32 Å². The fraction of sp³-hybridized carbons (Fsp3) is 0.125. The molecule has 0 radical (unpaired) electrons. The first-order chi connectivity index (χ1) is 10.2. The maximum absolute atomic E-state index is 11.8. The van der Waals surface area contributed by atoms with E-state index in [0.29, 0.717) is 16.9 Å². The molecular weight excluding hydrogens is 270 g/mol. The summed E-state index contributed by atoms with van der Waals surface area (Å²) in [6.45, 7) is -0.182. The third-order valence-corrected chi connectivity index (χ3v) is 2.80. The fourth-order valence-corrected chi connectivity index (χ4v) is 1.67. The number of amides is 1. The van der Waals surface area contributed by atoms with E-state index >= 15 is 0 Å². The summed E-state index contributed by atoms with van der Waals surface area (Å²) in [5, 5.41) is 2.51.